The van der Waals surface area contributed by atoms with Gasteiger partial charge in [-0.05, 0) is 42.2 Å². The summed E-state index contributed by atoms with van der Waals surface area (Å²) in [6, 6.07) is 0. The lowest BCUT2D eigenvalue weighted by Crippen LogP contribution is -2.48. The summed E-state index contributed by atoms with van der Waals surface area (Å²) in [5.74, 6) is 0. The first kappa shape index (κ1) is 18.8. The molecule has 4 unspecified atom stereocenters. The monoisotopic (exact) mass is 400 g/mol. The Balaban J connectivity index is 1.99. The van der Waals surface area contributed by atoms with E-state index in [0.717, 1.165) is 14.4 Å². The standard InChI is InChI=1S/C20H36P4/c1-14(2,3)13-21-24-19(16(7,8)9)18(15(4,5)6)22(13)20(24,23(18)19)17(10,11)12/h1-12H3/t18?,19-,20+,22?,23?,24?/m1/s1. The van der Waals surface area contributed by atoms with Crippen LogP contribution in [0.4, 0.5) is 0 Å². The van der Waals surface area contributed by atoms with Crippen molar-refractivity contribution < 1.29 is 0 Å². The second-order valence-corrected chi connectivity index (χ2v) is 24.1. The first-order valence-electron chi connectivity index (χ1n) is 9.46. The molecule has 3 fully saturated rings. The first-order valence-corrected chi connectivity index (χ1v) is 15.1. The zero-order chi connectivity index (χ0) is 18.5. The van der Waals surface area contributed by atoms with Crippen molar-refractivity contribution in [1.29, 1.82) is 0 Å². The van der Waals surface area contributed by atoms with Crippen molar-refractivity contribution in [2.45, 2.75) is 97.5 Å². The second-order valence-electron chi connectivity index (χ2n) is 12.4. The lowest BCUT2D eigenvalue weighted by Gasteiger charge is -2.65. The third-order valence-electron chi connectivity index (χ3n) is 6.81. The quantitative estimate of drug-likeness (QED) is 0.357. The van der Waals surface area contributed by atoms with Crippen molar-refractivity contribution in [3.05, 3.63) is 0 Å². The second kappa shape index (κ2) is 4.22. The fraction of sp³-hybridized carbons (Fsp3) is 0.950. The van der Waals surface area contributed by atoms with Gasteiger partial charge in [0.15, 0.2) is 0 Å². The Bertz CT molecular complexity index is 666. The summed E-state index contributed by atoms with van der Waals surface area (Å²) in [6.07, 6.45) is 0. The minimum Gasteiger partial charge on any atom is -0.0690 e. The molecule has 4 heterocycles. The Morgan fingerprint density at radius 1 is 0.667 bits per heavy atom. The summed E-state index contributed by atoms with van der Waals surface area (Å²) in [5, 5.41) is 2.00. The number of rotatable bonds is 0. The van der Waals surface area contributed by atoms with Crippen LogP contribution in [0.15, 0.2) is 0 Å². The highest BCUT2D eigenvalue weighted by atomic mass is 32.0. The molecule has 0 saturated carbocycles. The summed E-state index contributed by atoms with van der Waals surface area (Å²) in [6.45, 7) is 30.9. The van der Waals surface area contributed by atoms with E-state index >= 15 is 0 Å². The predicted molar refractivity (Wildman–Crippen MR) is 119 cm³/mol. The van der Waals surface area contributed by atoms with Gasteiger partial charge in [0.25, 0.3) is 0 Å². The molecule has 0 spiro atoms. The van der Waals surface area contributed by atoms with Crippen molar-refractivity contribution in [2.75, 3.05) is 0 Å². The van der Waals surface area contributed by atoms with Gasteiger partial charge in [-0.3, -0.25) is 0 Å². The molecule has 0 amide bonds. The van der Waals surface area contributed by atoms with E-state index in [1.165, 1.54) is 0 Å². The van der Waals surface area contributed by atoms with E-state index in [1.807, 2.05) is 12.9 Å². The Labute approximate surface area is 155 Å². The van der Waals surface area contributed by atoms with Gasteiger partial charge in [0.2, 0.25) is 0 Å². The van der Waals surface area contributed by atoms with Crippen molar-refractivity contribution in [2.24, 2.45) is 21.7 Å². The van der Waals surface area contributed by atoms with E-state index < -0.39 is 0 Å². The number of hydrogen-bond donors (Lipinski definition) is 0. The minimum absolute atomic E-state index is 0.0572. The Hall–Kier alpha value is 1.46. The molecule has 24 heavy (non-hydrogen) atoms. The Morgan fingerprint density at radius 3 is 1.46 bits per heavy atom. The average Bonchev–Trinajstić information content (AvgIpc) is 2.56. The highest BCUT2D eigenvalue weighted by Crippen LogP contribution is 3.38. The molecule has 4 rings (SSSR count). The summed E-state index contributed by atoms with van der Waals surface area (Å²) in [7, 11) is 2.23. The summed E-state index contributed by atoms with van der Waals surface area (Å²) in [4.78, 5) is 1.47. The molecule has 0 bridgehead atoms. The molecule has 0 nitrogen and oxygen atoms in total. The maximum Gasteiger partial charge on any atom is 0.0504 e. The van der Waals surface area contributed by atoms with Crippen molar-refractivity contribution >= 4 is 36.4 Å². The summed E-state index contributed by atoms with van der Waals surface area (Å²) < 4.78 is 0.776. The molecule has 0 radical (unpaired) electrons. The van der Waals surface area contributed by atoms with Crippen molar-refractivity contribution in [3.63, 3.8) is 0 Å². The molecule has 0 aliphatic carbocycles. The third kappa shape index (κ3) is 1.41. The third-order valence-corrected chi connectivity index (χ3v) is 31.5. The molecule has 3 saturated heterocycles. The van der Waals surface area contributed by atoms with E-state index in [9.17, 15) is 0 Å². The molecule has 4 aliphatic rings. The largest absolute Gasteiger partial charge is 0.0690 e. The van der Waals surface area contributed by atoms with Crippen LogP contribution in [0.5, 0.6) is 0 Å². The van der Waals surface area contributed by atoms with Gasteiger partial charge in [0.05, 0.1) is 4.64 Å². The summed E-state index contributed by atoms with van der Waals surface area (Å²) in [5.41, 5.74) is 1.90. The molecule has 0 aromatic heterocycles. The predicted octanol–water partition coefficient (Wildman–Crippen LogP) is 8.71. The highest BCUT2D eigenvalue weighted by molar-refractivity contribution is 8.51. The van der Waals surface area contributed by atoms with E-state index in [2.05, 4.69) is 83.1 Å². The SMILES string of the molecule is CC(C)(C)C1=PP2[C@@]3(C(C)(C)C)P1C1(C(C)(C)C)P3[C@]21C(C)(C)C. The van der Waals surface area contributed by atoms with Crippen molar-refractivity contribution in [1.82, 2.24) is 0 Å². The molecule has 4 aliphatic heterocycles. The molecule has 4 heteroatoms. The van der Waals surface area contributed by atoms with E-state index in [0.29, 0.717) is 21.7 Å². The van der Waals surface area contributed by atoms with Gasteiger partial charge in [0.1, 0.15) is 0 Å². The fourth-order valence-electron chi connectivity index (χ4n) is 6.36. The zero-order valence-electron chi connectivity index (χ0n) is 17.8. The van der Waals surface area contributed by atoms with Gasteiger partial charge in [-0.2, -0.15) is 0 Å². The van der Waals surface area contributed by atoms with E-state index in [4.69, 9.17) is 0 Å². The van der Waals surface area contributed by atoms with Crippen molar-refractivity contribution in [3.8, 4) is 0 Å². The zero-order valence-corrected chi connectivity index (χ0v) is 21.4. The van der Waals surface area contributed by atoms with Crippen LogP contribution < -0.4 is 0 Å². The lowest BCUT2D eigenvalue weighted by atomic mass is 9.80. The fourth-order valence-corrected chi connectivity index (χ4v) is 42.2. The van der Waals surface area contributed by atoms with Gasteiger partial charge in [0, 0.05) is 9.79 Å². The van der Waals surface area contributed by atoms with Crippen LogP contribution in [0.2, 0.25) is 0 Å². The van der Waals surface area contributed by atoms with Gasteiger partial charge < -0.3 is 0 Å². The number of hydrogen-bond acceptors (Lipinski definition) is 0. The number of fused-ring (bicyclic) bond motifs is 3. The van der Waals surface area contributed by atoms with Gasteiger partial charge in [-0.25, -0.2) is 0 Å². The molecule has 6 atom stereocenters. The molecular formula is C20H36P4. The van der Waals surface area contributed by atoms with Crippen LogP contribution in [0.1, 0.15) is 83.1 Å². The van der Waals surface area contributed by atoms with Gasteiger partial charge in [-0.1, -0.05) is 98.9 Å². The van der Waals surface area contributed by atoms with Crippen LogP contribution in [-0.4, -0.2) is 19.5 Å². The smallest absolute Gasteiger partial charge is 0.0504 e. The first-order chi connectivity index (χ1) is 10.5. The minimum atomic E-state index is 0.0572. The van der Waals surface area contributed by atoms with Crippen LogP contribution >= 0.6 is 31.3 Å². The van der Waals surface area contributed by atoms with E-state index in [1.54, 1.807) is 0 Å². The molecule has 0 N–H and O–H groups in total. The normalized spacial score (nSPS) is 49.8. The Morgan fingerprint density at radius 2 is 1.12 bits per heavy atom. The van der Waals surface area contributed by atoms with Crippen LogP contribution in [0.3, 0.4) is 0 Å². The van der Waals surface area contributed by atoms with E-state index in [-0.39, 0.29) is 23.5 Å². The Kier molecular flexibility index (Phi) is 3.31. The molecule has 136 valence electrons. The van der Waals surface area contributed by atoms with Crippen LogP contribution in [0.25, 0.3) is 0 Å². The average molecular weight is 400 g/mol. The maximum absolute atomic E-state index is 2.60. The van der Waals surface area contributed by atoms with Crippen LogP contribution in [0, 0.1) is 21.7 Å². The molecule has 0 aromatic carbocycles. The van der Waals surface area contributed by atoms with Gasteiger partial charge in [-0.15, -0.1) is 0 Å². The van der Waals surface area contributed by atoms with Crippen LogP contribution in [-0.2, 0) is 0 Å². The highest BCUT2D eigenvalue weighted by Gasteiger charge is 3.12. The lowest BCUT2D eigenvalue weighted by molar-refractivity contribution is 0.295. The summed E-state index contributed by atoms with van der Waals surface area (Å²) >= 11 is 0. The molecular weight excluding hydrogens is 364 g/mol. The topological polar surface area (TPSA) is 0 Å². The maximum atomic E-state index is 2.60. The molecule has 0 aromatic rings. The van der Waals surface area contributed by atoms with Gasteiger partial charge >= 0.3 is 0 Å².